The Morgan fingerprint density at radius 2 is 1.69 bits per heavy atom. The Balaban J connectivity index is 1.96. The topological polar surface area (TPSA) is 32.3 Å². The molecule has 0 atom stereocenters. The Hall–Kier alpha value is -1.91. The van der Waals surface area contributed by atoms with Gasteiger partial charge in [-0.25, -0.2) is 0 Å². The first-order valence-corrected chi connectivity index (χ1v) is 10.4. The van der Waals surface area contributed by atoms with Gasteiger partial charge >= 0.3 is 0 Å². The highest BCUT2D eigenvalue weighted by Crippen LogP contribution is 2.34. The minimum Gasteiger partial charge on any atom is -0.339 e. The van der Waals surface area contributed by atoms with E-state index in [-0.39, 0.29) is 5.91 Å². The second-order valence-electron chi connectivity index (χ2n) is 6.77. The van der Waals surface area contributed by atoms with E-state index < -0.39 is 0 Å². The zero-order valence-electron chi connectivity index (χ0n) is 16.0. The molecule has 1 fully saturated rings. The summed E-state index contributed by atoms with van der Waals surface area (Å²) in [6.07, 6.45) is 2.18. The van der Waals surface area contributed by atoms with Crippen LogP contribution in [0, 0.1) is 6.92 Å². The highest BCUT2D eigenvalue weighted by atomic mass is 32.1. The third-order valence-corrected chi connectivity index (χ3v) is 6.07. The molecule has 1 aromatic heterocycles. The molecule has 1 amide bonds. The van der Waals surface area contributed by atoms with Gasteiger partial charge in [0.1, 0.15) is 0 Å². The fraction of sp³-hybridized carbons (Fsp3) is 0.409. The molecule has 0 radical (unpaired) electrons. The van der Waals surface area contributed by atoms with Crippen molar-refractivity contribution >= 4 is 22.8 Å². The fourth-order valence-electron chi connectivity index (χ4n) is 3.53. The van der Waals surface area contributed by atoms with Gasteiger partial charge in [-0.15, -0.1) is 11.3 Å². The van der Waals surface area contributed by atoms with Crippen LogP contribution in [0.5, 0.6) is 0 Å². The number of nitrogens with zero attached hydrogens (tertiary/aromatic N) is 1. The lowest BCUT2D eigenvalue weighted by atomic mass is 9.92. The van der Waals surface area contributed by atoms with Gasteiger partial charge in [-0.3, -0.25) is 4.79 Å². The van der Waals surface area contributed by atoms with Crippen LogP contribution >= 0.6 is 11.3 Å². The normalized spacial score (nSPS) is 14.3. The number of thiophene rings is 1. The van der Waals surface area contributed by atoms with Crippen LogP contribution in [-0.2, 0) is 0 Å². The van der Waals surface area contributed by atoms with E-state index >= 15 is 0 Å². The lowest BCUT2D eigenvalue weighted by Crippen LogP contribution is -2.30. The monoisotopic (exact) mass is 368 g/mol. The summed E-state index contributed by atoms with van der Waals surface area (Å²) in [7, 11) is 0. The van der Waals surface area contributed by atoms with Crippen molar-refractivity contribution in [1.82, 2.24) is 10.2 Å². The van der Waals surface area contributed by atoms with Crippen LogP contribution < -0.4 is 5.32 Å². The van der Waals surface area contributed by atoms with Gasteiger partial charge in [0.2, 0.25) is 0 Å². The van der Waals surface area contributed by atoms with E-state index in [1.807, 2.05) is 42.2 Å². The molecule has 0 saturated carbocycles. The molecule has 0 aliphatic carbocycles. The van der Waals surface area contributed by atoms with Gasteiger partial charge in [-0.05, 0) is 87.0 Å². The number of carbonyl (C=O) groups excluding carboxylic acids is 1. The Labute approximate surface area is 160 Å². The molecule has 3 rings (SSSR count). The number of carbonyl (C=O) groups is 1. The second-order valence-corrected chi connectivity index (χ2v) is 7.68. The van der Waals surface area contributed by atoms with Gasteiger partial charge in [0, 0.05) is 23.5 Å². The summed E-state index contributed by atoms with van der Waals surface area (Å²) >= 11 is 1.82. The van der Waals surface area contributed by atoms with Crippen molar-refractivity contribution in [3.8, 4) is 0 Å². The van der Waals surface area contributed by atoms with Gasteiger partial charge in [-0.2, -0.15) is 0 Å². The van der Waals surface area contributed by atoms with Gasteiger partial charge in [-0.1, -0.05) is 17.7 Å². The van der Waals surface area contributed by atoms with Gasteiger partial charge in [0.05, 0.1) is 0 Å². The van der Waals surface area contributed by atoms with E-state index in [9.17, 15) is 4.79 Å². The van der Waals surface area contributed by atoms with Crippen molar-refractivity contribution in [2.75, 3.05) is 26.2 Å². The SMILES string of the molecule is CCN(CC)C(=O)c1ccc(C(=C2CCNCC2)c2cc(C)cs2)cc1. The third kappa shape index (κ3) is 4.08. The van der Waals surface area contributed by atoms with Crippen LogP contribution in [0.1, 0.15) is 53.1 Å². The van der Waals surface area contributed by atoms with E-state index in [0.29, 0.717) is 0 Å². The van der Waals surface area contributed by atoms with Crippen LogP contribution in [0.2, 0.25) is 0 Å². The smallest absolute Gasteiger partial charge is 0.253 e. The largest absolute Gasteiger partial charge is 0.339 e. The molecule has 1 aliphatic heterocycles. The molecule has 4 heteroatoms. The molecule has 1 aliphatic rings. The van der Waals surface area contributed by atoms with Crippen molar-refractivity contribution in [3.63, 3.8) is 0 Å². The van der Waals surface area contributed by atoms with Crippen LogP contribution in [0.4, 0.5) is 0 Å². The predicted molar refractivity (Wildman–Crippen MR) is 111 cm³/mol. The van der Waals surface area contributed by atoms with E-state index in [0.717, 1.165) is 44.6 Å². The number of benzene rings is 1. The maximum absolute atomic E-state index is 12.6. The minimum absolute atomic E-state index is 0.115. The molecule has 2 heterocycles. The summed E-state index contributed by atoms with van der Waals surface area (Å²) in [6, 6.07) is 10.5. The standard InChI is InChI=1S/C22H28N2OS/c1-4-24(5-2)22(25)19-8-6-17(7-9-19)21(18-10-12-23-13-11-18)20-14-16(3)15-26-20/h6-9,14-15,23H,4-5,10-13H2,1-3H3. The number of hydrogen-bond donors (Lipinski definition) is 1. The van der Waals surface area contributed by atoms with E-state index in [1.165, 1.54) is 27.2 Å². The Morgan fingerprint density at radius 3 is 2.23 bits per heavy atom. The fourth-order valence-corrected chi connectivity index (χ4v) is 4.55. The highest BCUT2D eigenvalue weighted by molar-refractivity contribution is 7.11. The van der Waals surface area contributed by atoms with Gasteiger partial charge in [0.15, 0.2) is 0 Å². The molecule has 1 aromatic carbocycles. The van der Waals surface area contributed by atoms with Crippen LogP contribution in [0.25, 0.3) is 5.57 Å². The van der Waals surface area contributed by atoms with Crippen molar-refractivity contribution in [2.45, 2.75) is 33.6 Å². The summed E-state index contributed by atoms with van der Waals surface area (Å²) in [6.45, 7) is 9.77. The summed E-state index contributed by atoms with van der Waals surface area (Å²) in [5.74, 6) is 0.115. The van der Waals surface area contributed by atoms with Crippen molar-refractivity contribution in [3.05, 3.63) is 62.9 Å². The zero-order chi connectivity index (χ0) is 18.5. The molecule has 1 saturated heterocycles. The van der Waals surface area contributed by atoms with Crippen LogP contribution in [0.15, 0.2) is 41.3 Å². The quantitative estimate of drug-likeness (QED) is 0.828. The summed E-state index contributed by atoms with van der Waals surface area (Å²) in [5, 5.41) is 5.66. The summed E-state index contributed by atoms with van der Waals surface area (Å²) < 4.78 is 0. The highest BCUT2D eigenvalue weighted by Gasteiger charge is 2.17. The molecule has 3 nitrogen and oxygen atoms in total. The second kappa shape index (κ2) is 8.65. The average molecular weight is 369 g/mol. The molecule has 0 bridgehead atoms. The van der Waals surface area contributed by atoms with E-state index in [2.05, 4.69) is 35.8 Å². The molecule has 2 aromatic rings. The Bertz CT molecular complexity index is 777. The summed E-state index contributed by atoms with van der Waals surface area (Å²) in [4.78, 5) is 15.8. The molecule has 0 spiro atoms. The van der Waals surface area contributed by atoms with Crippen molar-refractivity contribution in [1.29, 1.82) is 0 Å². The Kier molecular flexibility index (Phi) is 6.28. The minimum atomic E-state index is 0.115. The first-order valence-electron chi connectivity index (χ1n) is 9.52. The number of nitrogens with one attached hydrogen (secondary N) is 1. The lowest BCUT2D eigenvalue weighted by Gasteiger charge is -2.21. The zero-order valence-corrected chi connectivity index (χ0v) is 16.8. The Morgan fingerprint density at radius 1 is 1.08 bits per heavy atom. The number of amides is 1. The molecule has 138 valence electrons. The maximum atomic E-state index is 12.6. The predicted octanol–water partition coefficient (Wildman–Crippen LogP) is 4.72. The molecular formula is C22H28N2OS. The third-order valence-electron chi connectivity index (χ3n) is 5.01. The average Bonchev–Trinajstić information content (AvgIpc) is 3.10. The summed E-state index contributed by atoms with van der Waals surface area (Å²) in [5.41, 5.74) is 6.19. The number of rotatable bonds is 5. The van der Waals surface area contributed by atoms with Gasteiger partial charge < -0.3 is 10.2 Å². The van der Waals surface area contributed by atoms with Crippen LogP contribution in [0.3, 0.4) is 0 Å². The molecule has 1 N–H and O–H groups in total. The lowest BCUT2D eigenvalue weighted by molar-refractivity contribution is 0.0773. The molecule has 0 unspecified atom stereocenters. The maximum Gasteiger partial charge on any atom is 0.253 e. The van der Waals surface area contributed by atoms with Crippen LogP contribution in [-0.4, -0.2) is 37.0 Å². The van der Waals surface area contributed by atoms with E-state index in [1.54, 1.807) is 0 Å². The van der Waals surface area contributed by atoms with Crippen molar-refractivity contribution in [2.24, 2.45) is 0 Å². The number of aryl methyl sites for hydroxylation is 1. The number of piperidine rings is 1. The molecular weight excluding hydrogens is 340 g/mol. The molecule has 26 heavy (non-hydrogen) atoms. The van der Waals surface area contributed by atoms with Crippen molar-refractivity contribution < 1.29 is 4.79 Å². The number of hydrogen-bond acceptors (Lipinski definition) is 3. The van der Waals surface area contributed by atoms with E-state index in [4.69, 9.17) is 0 Å². The first kappa shape index (κ1) is 18.9. The first-order chi connectivity index (χ1) is 12.6. The van der Waals surface area contributed by atoms with Gasteiger partial charge in [0.25, 0.3) is 5.91 Å².